The van der Waals surface area contributed by atoms with E-state index in [0.717, 1.165) is 42.7 Å². The maximum atomic E-state index is 12.3. The van der Waals surface area contributed by atoms with Gasteiger partial charge in [-0.2, -0.15) is 4.80 Å². The Morgan fingerprint density at radius 2 is 1.86 bits per heavy atom. The molecule has 0 saturated heterocycles. The number of hydrogen-bond donors (Lipinski definition) is 0. The minimum atomic E-state index is -0.563. The second-order valence-electron chi connectivity index (χ2n) is 7.59. The molecule has 0 unspecified atom stereocenters. The summed E-state index contributed by atoms with van der Waals surface area (Å²) in [6, 6.07) is 7.94. The molecule has 1 saturated carbocycles. The molecule has 0 N–H and O–H groups in total. The van der Waals surface area contributed by atoms with Gasteiger partial charge >= 0.3 is 5.97 Å². The monoisotopic (exact) mass is 385 g/mol. The molecular weight excluding hydrogens is 358 g/mol. The van der Waals surface area contributed by atoms with Gasteiger partial charge in [-0.05, 0) is 43.7 Å². The summed E-state index contributed by atoms with van der Waals surface area (Å²) in [6.07, 6.45) is 4.26. The van der Waals surface area contributed by atoms with E-state index in [4.69, 9.17) is 4.74 Å². The predicted octanol–water partition coefficient (Wildman–Crippen LogP) is 2.23. The second-order valence-corrected chi connectivity index (χ2v) is 7.59. The van der Waals surface area contributed by atoms with E-state index in [1.165, 1.54) is 4.80 Å². The molecule has 0 aliphatic heterocycles. The van der Waals surface area contributed by atoms with Gasteiger partial charge in [0.1, 0.15) is 0 Å². The van der Waals surface area contributed by atoms with Gasteiger partial charge < -0.3 is 9.64 Å². The van der Waals surface area contributed by atoms with Crippen LogP contribution in [0.3, 0.4) is 0 Å². The maximum absolute atomic E-state index is 12.3. The Hall–Kier alpha value is -2.77. The second kappa shape index (κ2) is 8.95. The van der Waals surface area contributed by atoms with Crippen molar-refractivity contribution in [3.63, 3.8) is 0 Å². The average Bonchev–Trinajstić information content (AvgIpc) is 3.15. The molecule has 8 nitrogen and oxygen atoms in total. The van der Waals surface area contributed by atoms with Crippen molar-refractivity contribution in [1.29, 1.82) is 0 Å². The third kappa shape index (κ3) is 5.15. The highest BCUT2D eigenvalue weighted by Crippen LogP contribution is 2.26. The Labute approximate surface area is 164 Å². The molecule has 1 aromatic heterocycles. The molecule has 0 atom stereocenters. The summed E-state index contributed by atoms with van der Waals surface area (Å²) in [6.45, 7) is 3.79. The number of amides is 1. The van der Waals surface area contributed by atoms with E-state index in [2.05, 4.69) is 22.3 Å². The van der Waals surface area contributed by atoms with Crippen LogP contribution in [-0.2, 0) is 20.9 Å². The normalized spacial score (nSPS) is 19.2. The Kier molecular flexibility index (Phi) is 6.38. The Balaban J connectivity index is 1.46. The van der Waals surface area contributed by atoms with Crippen molar-refractivity contribution in [3.8, 4) is 11.4 Å². The van der Waals surface area contributed by atoms with E-state index < -0.39 is 5.97 Å². The molecule has 1 aliphatic rings. The summed E-state index contributed by atoms with van der Waals surface area (Å²) in [5.41, 5.74) is 1.96. The number of tetrazole rings is 1. The first-order valence-corrected chi connectivity index (χ1v) is 9.68. The molecule has 0 spiro atoms. The number of ether oxygens (including phenoxy) is 1. The maximum Gasteiger partial charge on any atom is 0.330 e. The van der Waals surface area contributed by atoms with Crippen LogP contribution in [0.5, 0.6) is 0 Å². The molecule has 0 bridgehead atoms. The van der Waals surface area contributed by atoms with Gasteiger partial charge in [0.2, 0.25) is 5.82 Å². The number of carbonyl (C=O) groups excluding carboxylic acids is 2. The number of benzene rings is 1. The highest BCUT2D eigenvalue weighted by molar-refractivity contribution is 5.80. The fourth-order valence-corrected chi connectivity index (χ4v) is 3.37. The van der Waals surface area contributed by atoms with Gasteiger partial charge in [0.15, 0.2) is 13.2 Å². The quantitative estimate of drug-likeness (QED) is 0.708. The average molecular weight is 385 g/mol. The van der Waals surface area contributed by atoms with E-state index in [9.17, 15) is 9.59 Å². The van der Waals surface area contributed by atoms with Crippen molar-refractivity contribution in [1.82, 2.24) is 25.1 Å². The molecule has 3 rings (SSSR count). The highest BCUT2D eigenvalue weighted by Gasteiger charge is 2.25. The summed E-state index contributed by atoms with van der Waals surface area (Å²) in [4.78, 5) is 27.2. The smallest absolute Gasteiger partial charge is 0.330 e. The highest BCUT2D eigenvalue weighted by atomic mass is 16.5. The molecule has 1 fully saturated rings. The van der Waals surface area contributed by atoms with Gasteiger partial charge in [-0.15, -0.1) is 10.2 Å². The Morgan fingerprint density at radius 3 is 2.54 bits per heavy atom. The van der Waals surface area contributed by atoms with Crippen LogP contribution in [0.4, 0.5) is 0 Å². The van der Waals surface area contributed by atoms with Crippen LogP contribution in [0.1, 0.15) is 38.2 Å². The molecule has 2 aromatic rings. The Bertz CT molecular complexity index is 810. The first-order chi connectivity index (χ1) is 13.4. The number of rotatable bonds is 6. The molecule has 28 heavy (non-hydrogen) atoms. The van der Waals surface area contributed by atoms with Crippen LogP contribution < -0.4 is 0 Å². The fraction of sp³-hybridized carbons (Fsp3) is 0.550. The number of carbonyl (C=O) groups is 2. The van der Waals surface area contributed by atoms with E-state index >= 15 is 0 Å². The van der Waals surface area contributed by atoms with Crippen molar-refractivity contribution < 1.29 is 14.3 Å². The standard InChI is InChI=1S/C20H27N5O3/c1-14-4-8-16(9-5-14)20-21-23-25(22-20)12-19(27)28-13-18(26)24(3)17-10-6-15(2)7-11-17/h4-5,8-9,15,17H,6-7,10-13H2,1-3H3. The van der Waals surface area contributed by atoms with E-state index in [1.54, 1.807) is 11.9 Å². The zero-order chi connectivity index (χ0) is 20.1. The zero-order valence-corrected chi connectivity index (χ0v) is 16.7. The summed E-state index contributed by atoms with van der Waals surface area (Å²) >= 11 is 0. The molecule has 1 aliphatic carbocycles. The number of esters is 1. The minimum Gasteiger partial charge on any atom is -0.454 e. The number of hydrogen-bond acceptors (Lipinski definition) is 6. The van der Waals surface area contributed by atoms with Gasteiger partial charge in [0.05, 0.1) is 0 Å². The van der Waals surface area contributed by atoms with Gasteiger partial charge in [-0.25, -0.2) is 4.79 Å². The topological polar surface area (TPSA) is 90.2 Å². The number of nitrogens with zero attached hydrogens (tertiary/aromatic N) is 5. The van der Waals surface area contributed by atoms with Crippen LogP contribution >= 0.6 is 0 Å². The lowest BCUT2D eigenvalue weighted by Crippen LogP contribution is -2.41. The number of aryl methyl sites for hydroxylation is 1. The lowest BCUT2D eigenvalue weighted by Gasteiger charge is -2.33. The lowest BCUT2D eigenvalue weighted by atomic mass is 9.87. The van der Waals surface area contributed by atoms with Gasteiger partial charge in [0, 0.05) is 18.7 Å². The SMILES string of the molecule is Cc1ccc(-c2nnn(CC(=O)OCC(=O)N(C)C3CCC(C)CC3)n2)cc1. The first-order valence-electron chi connectivity index (χ1n) is 9.68. The number of likely N-dealkylation sites (N-methyl/N-ethyl adjacent to an activating group) is 1. The van der Waals surface area contributed by atoms with Crippen LogP contribution in [0, 0.1) is 12.8 Å². The van der Waals surface area contributed by atoms with Crippen molar-refractivity contribution in [2.75, 3.05) is 13.7 Å². The van der Waals surface area contributed by atoms with Crippen LogP contribution in [0.2, 0.25) is 0 Å². The van der Waals surface area contributed by atoms with Crippen molar-refractivity contribution in [2.45, 2.75) is 52.1 Å². The molecule has 1 amide bonds. The fourth-order valence-electron chi connectivity index (χ4n) is 3.37. The summed E-state index contributed by atoms with van der Waals surface area (Å²) in [7, 11) is 1.78. The van der Waals surface area contributed by atoms with Crippen LogP contribution in [0.15, 0.2) is 24.3 Å². The summed E-state index contributed by atoms with van der Waals surface area (Å²) < 4.78 is 5.11. The predicted molar refractivity (Wildman–Crippen MR) is 103 cm³/mol. The summed E-state index contributed by atoms with van der Waals surface area (Å²) in [5, 5.41) is 12.0. The zero-order valence-electron chi connectivity index (χ0n) is 16.7. The van der Waals surface area contributed by atoms with Gasteiger partial charge in [-0.1, -0.05) is 36.8 Å². The lowest BCUT2D eigenvalue weighted by molar-refractivity contribution is -0.153. The van der Waals surface area contributed by atoms with Crippen molar-refractivity contribution in [2.24, 2.45) is 5.92 Å². The molecule has 0 radical (unpaired) electrons. The molecule has 1 aromatic carbocycles. The molecule has 150 valence electrons. The molecular formula is C20H27N5O3. The molecule has 1 heterocycles. The third-order valence-electron chi connectivity index (χ3n) is 5.32. The first kappa shape index (κ1) is 20.0. The van der Waals surface area contributed by atoms with E-state index in [-0.39, 0.29) is 25.1 Å². The van der Waals surface area contributed by atoms with E-state index in [0.29, 0.717) is 5.82 Å². The van der Waals surface area contributed by atoms with Crippen molar-refractivity contribution >= 4 is 11.9 Å². The largest absolute Gasteiger partial charge is 0.454 e. The van der Waals surface area contributed by atoms with E-state index in [1.807, 2.05) is 31.2 Å². The van der Waals surface area contributed by atoms with Gasteiger partial charge in [0.25, 0.3) is 5.91 Å². The third-order valence-corrected chi connectivity index (χ3v) is 5.32. The van der Waals surface area contributed by atoms with Crippen LogP contribution in [-0.4, -0.2) is 56.7 Å². The molecule has 8 heteroatoms. The minimum absolute atomic E-state index is 0.181. The van der Waals surface area contributed by atoms with Crippen LogP contribution in [0.25, 0.3) is 11.4 Å². The Morgan fingerprint density at radius 1 is 1.18 bits per heavy atom. The van der Waals surface area contributed by atoms with Gasteiger partial charge in [-0.3, -0.25) is 4.79 Å². The van der Waals surface area contributed by atoms with Crippen molar-refractivity contribution in [3.05, 3.63) is 29.8 Å². The summed E-state index contributed by atoms with van der Waals surface area (Å²) in [5.74, 6) is 0.416. The number of aromatic nitrogens is 4.